The molecule has 4 nitrogen and oxygen atoms in total. The molecule has 0 atom stereocenters. The Morgan fingerprint density at radius 2 is 1.56 bits per heavy atom. The predicted molar refractivity (Wildman–Crippen MR) is 87.8 cm³/mol. The van der Waals surface area contributed by atoms with Crippen molar-refractivity contribution in [1.29, 1.82) is 0 Å². The molecule has 140 valence electrons. The minimum atomic E-state index is -4.45. The summed E-state index contributed by atoms with van der Waals surface area (Å²) < 4.78 is 48.9. The number of carbonyl (C=O) groups excluding carboxylic acids is 1. The van der Waals surface area contributed by atoms with Crippen molar-refractivity contribution < 1.29 is 27.4 Å². The molecule has 25 heavy (non-hydrogen) atoms. The third kappa shape index (κ3) is 4.80. The molecule has 2 rings (SSSR count). The summed E-state index contributed by atoms with van der Waals surface area (Å²) in [4.78, 5) is 13.5. The molecule has 0 aliphatic carbocycles. The van der Waals surface area contributed by atoms with Crippen LogP contribution < -0.4 is 4.74 Å². The van der Waals surface area contributed by atoms with Gasteiger partial charge in [0.25, 0.3) is 0 Å². The van der Waals surface area contributed by atoms with Gasteiger partial charge in [-0.3, -0.25) is 0 Å². The number of alkyl halides is 3. The number of amides is 1. The van der Waals surface area contributed by atoms with Gasteiger partial charge >= 0.3 is 12.3 Å². The van der Waals surface area contributed by atoms with Crippen LogP contribution in [0.25, 0.3) is 0 Å². The largest absolute Gasteiger partial charge is 0.478 e. The summed E-state index contributed by atoms with van der Waals surface area (Å²) in [5, 5.41) is 0. The predicted octanol–water partition coefficient (Wildman–Crippen LogP) is 4.74. The number of carbonyl (C=O) groups is 1. The van der Waals surface area contributed by atoms with Gasteiger partial charge in [0, 0.05) is 19.0 Å². The standard InChI is InChI=1S/C18H24F3NO3/c1-16(2,3)25-15(23)22-10-13(11-22)12-6-8-14(9-7-12)24-17(4,5)18(19,20)21/h6-9,13H,10-11H2,1-5H3. The molecule has 0 N–H and O–H groups in total. The quantitative estimate of drug-likeness (QED) is 0.782. The Morgan fingerprint density at radius 1 is 1.04 bits per heavy atom. The monoisotopic (exact) mass is 359 g/mol. The molecule has 1 saturated heterocycles. The van der Waals surface area contributed by atoms with Crippen molar-refractivity contribution in [3.05, 3.63) is 29.8 Å². The van der Waals surface area contributed by atoms with Gasteiger partial charge in [-0.1, -0.05) is 12.1 Å². The van der Waals surface area contributed by atoms with E-state index in [1.807, 2.05) is 20.8 Å². The van der Waals surface area contributed by atoms with Gasteiger partial charge in [-0.25, -0.2) is 4.79 Å². The molecule has 0 aromatic heterocycles. The Morgan fingerprint density at radius 3 is 2.00 bits per heavy atom. The van der Waals surface area contributed by atoms with Gasteiger partial charge in [-0.05, 0) is 52.3 Å². The van der Waals surface area contributed by atoms with Crippen LogP contribution in [-0.4, -0.2) is 41.5 Å². The summed E-state index contributed by atoms with van der Waals surface area (Å²) in [6.45, 7) is 8.47. The summed E-state index contributed by atoms with van der Waals surface area (Å²) in [7, 11) is 0. The summed E-state index contributed by atoms with van der Waals surface area (Å²) >= 11 is 0. The molecule has 0 spiro atoms. The molecule has 1 aromatic carbocycles. The molecule has 1 aliphatic rings. The van der Waals surface area contributed by atoms with Gasteiger partial charge in [0.1, 0.15) is 11.4 Å². The van der Waals surface area contributed by atoms with Crippen molar-refractivity contribution >= 4 is 6.09 Å². The van der Waals surface area contributed by atoms with E-state index in [0.29, 0.717) is 13.1 Å². The van der Waals surface area contributed by atoms with Crippen molar-refractivity contribution in [2.75, 3.05) is 13.1 Å². The van der Waals surface area contributed by atoms with Gasteiger partial charge in [-0.2, -0.15) is 13.2 Å². The Balaban J connectivity index is 1.91. The average molecular weight is 359 g/mol. The number of ether oxygens (including phenoxy) is 2. The van der Waals surface area contributed by atoms with Crippen molar-refractivity contribution in [3.63, 3.8) is 0 Å². The lowest BCUT2D eigenvalue weighted by atomic mass is 9.92. The number of hydrogen-bond donors (Lipinski definition) is 0. The Labute approximate surface area is 145 Å². The van der Waals surface area contributed by atoms with Crippen LogP contribution in [0.1, 0.15) is 46.1 Å². The normalized spacial score (nSPS) is 16.4. The molecule has 0 bridgehead atoms. The van der Waals surface area contributed by atoms with Crippen molar-refractivity contribution in [1.82, 2.24) is 4.90 Å². The molecule has 1 aromatic rings. The highest BCUT2D eigenvalue weighted by Gasteiger charge is 2.49. The summed E-state index contributed by atoms with van der Waals surface area (Å²) in [5.41, 5.74) is -1.83. The van der Waals surface area contributed by atoms with Crippen LogP contribution in [0.5, 0.6) is 5.75 Å². The lowest BCUT2D eigenvalue weighted by Gasteiger charge is -2.40. The lowest BCUT2D eigenvalue weighted by Crippen LogP contribution is -2.50. The van der Waals surface area contributed by atoms with Crippen LogP contribution in [0.15, 0.2) is 24.3 Å². The number of rotatable bonds is 3. The second kappa shape index (κ2) is 6.42. The van der Waals surface area contributed by atoms with Gasteiger partial charge in [0.2, 0.25) is 0 Å². The molecule has 1 aliphatic heterocycles. The first-order valence-corrected chi connectivity index (χ1v) is 8.12. The number of benzene rings is 1. The molecule has 1 heterocycles. The van der Waals surface area contributed by atoms with E-state index >= 15 is 0 Å². The van der Waals surface area contributed by atoms with Crippen molar-refractivity contribution in [3.8, 4) is 5.75 Å². The number of halogens is 3. The molecule has 0 unspecified atom stereocenters. The van der Waals surface area contributed by atoms with Gasteiger partial charge < -0.3 is 14.4 Å². The summed E-state index contributed by atoms with van der Waals surface area (Å²) in [6, 6.07) is 6.52. The van der Waals surface area contributed by atoms with Crippen molar-refractivity contribution in [2.24, 2.45) is 0 Å². The SMILES string of the molecule is CC(C)(C)OC(=O)N1CC(c2ccc(OC(C)(C)C(F)(F)F)cc2)C1. The van der Waals surface area contributed by atoms with E-state index in [1.165, 1.54) is 12.1 Å². The Kier molecular flexibility index (Phi) is 4.99. The number of likely N-dealkylation sites (tertiary alicyclic amines) is 1. The van der Waals surface area contributed by atoms with Crippen LogP contribution >= 0.6 is 0 Å². The lowest BCUT2D eigenvalue weighted by molar-refractivity contribution is -0.234. The van der Waals surface area contributed by atoms with E-state index in [4.69, 9.17) is 9.47 Å². The van der Waals surface area contributed by atoms with E-state index in [0.717, 1.165) is 19.4 Å². The zero-order chi connectivity index (χ0) is 19.0. The fourth-order valence-electron chi connectivity index (χ4n) is 2.33. The van der Waals surface area contributed by atoms with Gasteiger partial charge in [0.05, 0.1) is 0 Å². The molecule has 0 radical (unpaired) electrons. The van der Waals surface area contributed by atoms with Crippen LogP contribution in [0.2, 0.25) is 0 Å². The van der Waals surface area contributed by atoms with Crippen molar-refractivity contribution in [2.45, 2.75) is 57.9 Å². The first-order chi connectivity index (χ1) is 11.3. The maximum Gasteiger partial charge on any atom is 0.427 e. The van der Waals surface area contributed by atoms with Crippen LogP contribution in [0.4, 0.5) is 18.0 Å². The van der Waals surface area contributed by atoms with Gasteiger partial charge in [0.15, 0.2) is 5.60 Å². The van der Waals surface area contributed by atoms with Crippen LogP contribution in [0.3, 0.4) is 0 Å². The second-order valence-electron chi connectivity index (χ2n) is 7.76. The third-order valence-corrected chi connectivity index (χ3v) is 3.94. The summed E-state index contributed by atoms with van der Waals surface area (Å²) in [5.74, 6) is 0.312. The zero-order valence-electron chi connectivity index (χ0n) is 15.1. The molecule has 7 heteroatoms. The third-order valence-electron chi connectivity index (χ3n) is 3.94. The first kappa shape index (κ1) is 19.4. The molecule has 1 fully saturated rings. The second-order valence-corrected chi connectivity index (χ2v) is 7.76. The maximum absolute atomic E-state index is 12.9. The van der Waals surface area contributed by atoms with Crippen LogP contribution in [-0.2, 0) is 4.74 Å². The molecular weight excluding hydrogens is 335 g/mol. The molecule has 1 amide bonds. The van der Waals surface area contributed by atoms with E-state index in [9.17, 15) is 18.0 Å². The Bertz CT molecular complexity index is 612. The number of nitrogens with zero attached hydrogens (tertiary/aromatic N) is 1. The Hall–Kier alpha value is -1.92. The van der Waals surface area contributed by atoms with Crippen LogP contribution in [0, 0.1) is 0 Å². The highest BCUT2D eigenvalue weighted by molar-refractivity contribution is 5.69. The van der Waals surface area contributed by atoms with E-state index in [-0.39, 0.29) is 17.8 Å². The highest BCUT2D eigenvalue weighted by Crippen LogP contribution is 2.35. The number of hydrogen-bond acceptors (Lipinski definition) is 3. The zero-order valence-corrected chi connectivity index (χ0v) is 15.1. The van der Waals surface area contributed by atoms with Gasteiger partial charge in [-0.15, -0.1) is 0 Å². The minimum Gasteiger partial charge on any atom is -0.478 e. The smallest absolute Gasteiger partial charge is 0.427 e. The highest BCUT2D eigenvalue weighted by atomic mass is 19.4. The average Bonchev–Trinajstić information content (AvgIpc) is 2.35. The minimum absolute atomic E-state index is 0.150. The molecule has 0 saturated carbocycles. The maximum atomic E-state index is 12.9. The first-order valence-electron chi connectivity index (χ1n) is 8.12. The fraction of sp³-hybridized carbons (Fsp3) is 0.611. The van der Waals surface area contributed by atoms with E-state index in [1.54, 1.807) is 17.0 Å². The van der Waals surface area contributed by atoms with E-state index < -0.39 is 17.4 Å². The fourth-order valence-corrected chi connectivity index (χ4v) is 2.33. The molecular formula is C18H24F3NO3. The van der Waals surface area contributed by atoms with E-state index in [2.05, 4.69) is 0 Å². The topological polar surface area (TPSA) is 38.8 Å². The summed E-state index contributed by atoms with van der Waals surface area (Å²) in [6.07, 6.45) is -4.80.